The van der Waals surface area contributed by atoms with Crippen molar-refractivity contribution < 1.29 is 4.79 Å². The van der Waals surface area contributed by atoms with E-state index in [-0.39, 0.29) is 11.0 Å². The molecule has 0 fully saturated rings. The average molecular weight is 644 g/mol. The van der Waals surface area contributed by atoms with Crippen molar-refractivity contribution in [2.75, 3.05) is 5.32 Å². The summed E-state index contributed by atoms with van der Waals surface area (Å²) in [6.45, 7) is 2.27. The number of carbonyl (C=O) groups excluding carboxylic acids is 1. The number of thiocarbonyl (C=S) groups is 1. The Morgan fingerprint density at radius 3 is 1.69 bits per heavy atom. The van der Waals surface area contributed by atoms with Gasteiger partial charge < -0.3 is 16.0 Å². The first-order valence-electron chi connectivity index (χ1n) is 13.4. The maximum Gasteiger partial charge on any atom is 0.228 e. The molecule has 0 aliphatic heterocycles. The van der Waals surface area contributed by atoms with Crippen molar-refractivity contribution in [2.24, 2.45) is 0 Å². The second kappa shape index (κ2) is 20.7. The minimum absolute atomic E-state index is 0.167. The molecular weight excluding hydrogens is 601 g/mol. The predicted molar refractivity (Wildman–Crippen MR) is 165 cm³/mol. The van der Waals surface area contributed by atoms with E-state index in [1.54, 1.807) is 0 Å². The number of alkyl halides is 3. The first-order valence-corrected chi connectivity index (χ1v) is 15.7. The zero-order valence-electron chi connectivity index (χ0n) is 21.5. The fourth-order valence-electron chi connectivity index (χ4n) is 3.92. The number of nitrogens with one attached hydrogen (secondary N) is 3. The average Bonchev–Trinajstić information content (AvgIpc) is 2.82. The van der Waals surface area contributed by atoms with E-state index in [2.05, 4.69) is 38.8 Å². The lowest BCUT2D eigenvalue weighted by Gasteiger charge is -2.27. The zero-order valence-corrected chi connectivity index (χ0v) is 26.2. The van der Waals surface area contributed by atoms with Gasteiger partial charge in [-0.3, -0.25) is 4.79 Å². The van der Waals surface area contributed by atoms with E-state index >= 15 is 0 Å². The Morgan fingerprint density at radius 1 is 0.806 bits per heavy atom. The van der Waals surface area contributed by atoms with Gasteiger partial charge in [0.1, 0.15) is 6.17 Å². The van der Waals surface area contributed by atoms with E-state index in [4.69, 9.17) is 47.0 Å². The molecule has 0 aromatic heterocycles. The molecule has 0 spiro atoms. The molecule has 36 heavy (non-hydrogen) atoms. The van der Waals surface area contributed by atoms with Gasteiger partial charge in [-0.2, -0.15) is 0 Å². The number of hydrogen-bond donors (Lipinski definition) is 3. The SMILES string of the molecule is CCCCCCCCCCCCCCCCCC(=O)N[C@@H](NC(=S)Nc1ccc(Br)cc1)C(Cl)(Cl)Cl. The summed E-state index contributed by atoms with van der Waals surface area (Å²) in [5.74, 6) is -0.167. The Kier molecular flexibility index (Phi) is 19.4. The molecule has 0 radical (unpaired) electrons. The molecule has 3 N–H and O–H groups in total. The van der Waals surface area contributed by atoms with Crippen molar-refractivity contribution in [1.29, 1.82) is 0 Å². The van der Waals surface area contributed by atoms with Crippen LogP contribution in [0.5, 0.6) is 0 Å². The Morgan fingerprint density at radius 2 is 1.25 bits per heavy atom. The van der Waals surface area contributed by atoms with Crippen molar-refractivity contribution in [1.82, 2.24) is 10.6 Å². The lowest BCUT2D eigenvalue weighted by atomic mass is 10.0. The molecule has 0 heterocycles. The number of halogens is 4. The van der Waals surface area contributed by atoms with Crippen molar-refractivity contribution in [3.05, 3.63) is 28.7 Å². The quantitative estimate of drug-likeness (QED) is 0.0608. The third-order valence-corrected chi connectivity index (χ3v) is 7.42. The Labute approximate surface area is 247 Å². The molecule has 0 saturated carbocycles. The second-order valence-electron chi connectivity index (χ2n) is 9.35. The van der Waals surface area contributed by atoms with Gasteiger partial charge in [-0.15, -0.1) is 0 Å². The summed E-state index contributed by atoms with van der Waals surface area (Å²) < 4.78 is -0.798. The molecule has 4 nitrogen and oxygen atoms in total. The summed E-state index contributed by atoms with van der Waals surface area (Å²) in [4.78, 5) is 12.4. The minimum Gasteiger partial charge on any atom is -0.339 e. The van der Waals surface area contributed by atoms with Gasteiger partial charge in [0.05, 0.1) is 0 Å². The number of unbranched alkanes of at least 4 members (excludes halogenated alkanes) is 14. The minimum atomic E-state index is -1.75. The first kappa shape index (κ1) is 33.8. The van der Waals surface area contributed by atoms with E-state index in [1.165, 1.54) is 77.0 Å². The number of hydrogen-bond acceptors (Lipinski definition) is 2. The van der Waals surface area contributed by atoms with Crippen LogP contribution in [0.1, 0.15) is 110 Å². The molecule has 0 bridgehead atoms. The lowest BCUT2D eigenvalue weighted by molar-refractivity contribution is -0.122. The summed E-state index contributed by atoms with van der Waals surface area (Å²) in [6, 6.07) is 7.49. The van der Waals surface area contributed by atoms with E-state index in [1.807, 2.05) is 24.3 Å². The van der Waals surface area contributed by atoms with Gasteiger partial charge >= 0.3 is 0 Å². The van der Waals surface area contributed by atoms with Gasteiger partial charge in [0.15, 0.2) is 5.11 Å². The van der Waals surface area contributed by atoms with Crippen LogP contribution < -0.4 is 16.0 Å². The largest absolute Gasteiger partial charge is 0.339 e. The van der Waals surface area contributed by atoms with Crippen molar-refractivity contribution >= 4 is 79.7 Å². The van der Waals surface area contributed by atoms with Crippen LogP contribution in [0.3, 0.4) is 0 Å². The standard InChI is InChI=1S/C27H43BrCl3N3OS/c1-2-3-4-5-6-7-8-9-10-11-12-13-14-15-16-17-24(35)33-25(27(29,30)31)34-26(36)32-23-20-18-22(28)19-21-23/h18-21,25H,2-17H2,1H3,(H,33,35)(H2,32,34,36)/t25-/m0/s1. The number of amides is 1. The van der Waals surface area contributed by atoms with Crippen LogP contribution in [0.25, 0.3) is 0 Å². The maximum atomic E-state index is 12.4. The molecule has 0 saturated heterocycles. The van der Waals surface area contributed by atoms with Crippen LogP contribution >= 0.6 is 63.0 Å². The Balaban J connectivity index is 2.11. The molecule has 0 aliphatic rings. The smallest absolute Gasteiger partial charge is 0.228 e. The molecule has 1 aromatic carbocycles. The number of anilines is 1. The Hall–Kier alpha value is -0.270. The second-order valence-corrected chi connectivity index (χ2v) is 13.0. The topological polar surface area (TPSA) is 53.2 Å². The molecule has 0 aliphatic carbocycles. The van der Waals surface area contributed by atoms with E-state index in [9.17, 15) is 4.79 Å². The third-order valence-electron chi connectivity index (χ3n) is 6.02. The van der Waals surface area contributed by atoms with Gasteiger partial charge in [0.25, 0.3) is 0 Å². The summed E-state index contributed by atoms with van der Waals surface area (Å²) in [5, 5.41) is 8.91. The van der Waals surface area contributed by atoms with Crippen LogP contribution in [-0.2, 0) is 4.79 Å². The van der Waals surface area contributed by atoms with Gasteiger partial charge in [-0.25, -0.2) is 0 Å². The lowest BCUT2D eigenvalue weighted by Crippen LogP contribution is -2.56. The van der Waals surface area contributed by atoms with Gasteiger partial charge in [0, 0.05) is 16.6 Å². The van der Waals surface area contributed by atoms with Crippen molar-refractivity contribution in [2.45, 2.75) is 120 Å². The normalized spacial score (nSPS) is 12.2. The summed E-state index contributed by atoms with van der Waals surface area (Å²) >= 11 is 26.9. The molecule has 1 amide bonds. The highest BCUT2D eigenvalue weighted by molar-refractivity contribution is 9.10. The van der Waals surface area contributed by atoms with E-state index in [0.717, 1.165) is 29.4 Å². The van der Waals surface area contributed by atoms with Gasteiger partial charge in [-0.1, -0.05) is 148 Å². The summed E-state index contributed by atoms with van der Waals surface area (Å²) in [7, 11) is 0. The van der Waals surface area contributed by atoms with E-state index < -0.39 is 9.96 Å². The zero-order chi connectivity index (χ0) is 26.7. The Bertz CT molecular complexity index is 732. The fourth-order valence-corrected chi connectivity index (χ4v) is 4.75. The molecule has 206 valence electrons. The molecule has 1 rings (SSSR count). The van der Waals surface area contributed by atoms with Crippen molar-refractivity contribution in [3.63, 3.8) is 0 Å². The van der Waals surface area contributed by atoms with E-state index in [0.29, 0.717) is 6.42 Å². The number of benzene rings is 1. The summed E-state index contributed by atoms with van der Waals surface area (Å²) in [5.41, 5.74) is 0.780. The third kappa shape index (κ3) is 18.1. The number of rotatable bonds is 19. The highest BCUT2D eigenvalue weighted by Gasteiger charge is 2.34. The maximum absolute atomic E-state index is 12.4. The summed E-state index contributed by atoms with van der Waals surface area (Å²) in [6.07, 6.45) is 18.7. The van der Waals surface area contributed by atoms with Crippen LogP contribution in [-0.4, -0.2) is 21.0 Å². The van der Waals surface area contributed by atoms with Crippen LogP contribution in [0.2, 0.25) is 0 Å². The highest BCUT2D eigenvalue weighted by atomic mass is 79.9. The number of carbonyl (C=O) groups is 1. The van der Waals surface area contributed by atoms with Gasteiger partial charge in [-0.05, 0) is 42.9 Å². The first-order chi connectivity index (χ1) is 17.2. The van der Waals surface area contributed by atoms with Gasteiger partial charge in [0.2, 0.25) is 9.70 Å². The molecule has 1 atom stereocenters. The highest BCUT2D eigenvalue weighted by Crippen LogP contribution is 2.29. The van der Waals surface area contributed by atoms with Crippen LogP contribution in [0.4, 0.5) is 5.69 Å². The monoisotopic (exact) mass is 641 g/mol. The molecule has 9 heteroatoms. The molecular formula is C27H43BrCl3N3OS. The molecule has 0 unspecified atom stereocenters. The van der Waals surface area contributed by atoms with Crippen molar-refractivity contribution in [3.8, 4) is 0 Å². The predicted octanol–water partition coefficient (Wildman–Crippen LogP) is 9.81. The molecule has 1 aromatic rings. The van der Waals surface area contributed by atoms with Crippen LogP contribution in [0, 0.1) is 0 Å². The van der Waals surface area contributed by atoms with Crippen LogP contribution in [0.15, 0.2) is 28.7 Å². The fraction of sp³-hybridized carbons (Fsp3) is 0.704.